The Balaban J connectivity index is 2.42. The van der Waals surface area contributed by atoms with Crippen molar-refractivity contribution in [2.24, 2.45) is 5.92 Å². The van der Waals surface area contributed by atoms with Crippen LogP contribution in [0.5, 0.6) is 0 Å². The van der Waals surface area contributed by atoms with Gasteiger partial charge in [-0.3, -0.25) is 4.79 Å². The van der Waals surface area contributed by atoms with Gasteiger partial charge in [-0.25, -0.2) is 4.79 Å². The predicted molar refractivity (Wildman–Crippen MR) is 83.0 cm³/mol. The van der Waals surface area contributed by atoms with Crippen LogP contribution in [0.15, 0.2) is 0 Å². The summed E-state index contributed by atoms with van der Waals surface area (Å²) in [4.78, 5) is 25.4. The molecule has 0 radical (unpaired) electrons. The number of carbonyl (C=O) groups is 2. The zero-order chi connectivity index (χ0) is 16.2. The molecule has 1 aliphatic rings. The number of amides is 2. The molecule has 0 aromatic carbocycles. The molecule has 122 valence electrons. The summed E-state index contributed by atoms with van der Waals surface area (Å²) < 4.78 is 5.39. The fraction of sp³-hybridized carbons (Fsp3) is 0.875. The van der Waals surface area contributed by atoms with Crippen molar-refractivity contribution >= 4 is 12.0 Å². The van der Waals surface area contributed by atoms with Gasteiger partial charge in [-0.05, 0) is 46.5 Å². The van der Waals surface area contributed by atoms with Gasteiger partial charge in [0.1, 0.15) is 5.60 Å². The summed E-state index contributed by atoms with van der Waals surface area (Å²) in [6.45, 7) is 9.42. The quantitative estimate of drug-likeness (QED) is 0.871. The smallest absolute Gasteiger partial charge is 0.410 e. The number of hydrogen-bond donors (Lipinski definition) is 1. The van der Waals surface area contributed by atoms with Crippen LogP contribution < -0.4 is 5.32 Å². The summed E-state index contributed by atoms with van der Waals surface area (Å²) in [7, 11) is 1.80. The summed E-state index contributed by atoms with van der Waals surface area (Å²) >= 11 is 0. The number of hydrogen-bond acceptors (Lipinski definition) is 3. The summed E-state index contributed by atoms with van der Waals surface area (Å²) in [5.41, 5.74) is -0.464. The molecule has 1 rings (SSSR count). The van der Waals surface area contributed by atoms with Gasteiger partial charge in [0.25, 0.3) is 0 Å². The van der Waals surface area contributed by atoms with E-state index in [2.05, 4.69) is 5.32 Å². The topological polar surface area (TPSA) is 58.6 Å². The molecule has 1 fully saturated rings. The Bertz CT molecular complexity index is 366. The van der Waals surface area contributed by atoms with Crippen LogP contribution in [0.2, 0.25) is 0 Å². The molecule has 0 atom stereocenters. The first-order valence-corrected chi connectivity index (χ1v) is 7.86. The molecule has 0 aromatic heterocycles. The lowest BCUT2D eigenvalue weighted by Gasteiger charge is -2.35. The van der Waals surface area contributed by atoms with E-state index >= 15 is 0 Å². The highest BCUT2D eigenvalue weighted by atomic mass is 16.6. The van der Waals surface area contributed by atoms with Crippen LogP contribution in [0.25, 0.3) is 0 Å². The highest BCUT2D eigenvalue weighted by molar-refractivity contribution is 5.78. The van der Waals surface area contributed by atoms with E-state index in [-0.39, 0.29) is 30.0 Å². The Labute approximate surface area is 128 Å². The van der Waals surface area contributed by atoms with E-state index in [1.54, 1.807) is 11.9 Å². The Kier molecular flexibility index (Phi) is 6.05. The minimum atomic E-state index is -0.464. The van der Waals surface area contributed by atoms with Crippen LogP contribution >= 0.6 is 0 Å². The SMILES string of the molecule is CC(C)C(=O)NC1CCC(N(C)C(=O)OC(C)(C)C)CC1. The summed E-state index contributed by atoms with van der Waals surface area (Å²) in [6.07, 6.45) is 3.36. The maximum atomic E-state index is 12.0. The molecule has 0 aliphatic heterocycles. The monoisotopic (exact) mass is 298 g/mol. The highest BCUT2D eigenvalue weighted by Crippen LogP contribution is 2.24. The minimum absolute atomic E-state index is 0.0205. The standard InChI is InChI=1S/C16H30N2O3/c1-11(2)14(19)17-12-7-9-13(10-8-12)18(6)15(20)21-16(3,4)5/h11-13H,7-10H2,1-6H3,(H,17,19). The van der Waals surface area contributed by atoms with Crippen LogP contribution in [0.4, 0.5) is 4.79 Å². The van der Waals surface area contributed by atoms with Gasteiger partial charge < -0.3 is 15.0 Å². The molecule has 5 nitrogen and oxygen atoms in total. The Hall–Kier alpha value is -1.26. The van der Waals surface area contributed by atoms with Gasteiger partial charge >= 0.3 is 6.09 Å². The lowest BCUT2D eigenvalue weighted by atomic mass is 9.90. The third kappa shape index (κ3) is 5.94. The van der Waals surface area contributed by atoms with Gasteiger partial charge in [0.15, 0.2) is 0 Å². The largest absolute Gasteiger partial charge is 0.444 e. The lowest BCUT2D eigenvalue weighted by molar-refractivity contribution is -0.125. The van der Waals surface area contributed by atoms with E-state index < -0.39 is 5.60 Å². The molecule has 21 heavy (non-hydrogen) atoms. The van der Waals surface area contributed by atoms with E-state index in [4.69, 9.17) is 4.74 Å². The van der Waals surface area contributed by atoms with Crippen LogP contribution in [-0.4, -0.2) is 41.6 Å². The van der Waals surface area contributed by atoms with Crippen molar-refractivity contribution in [3.05, 3.63) is 0 Å². The van der Waals surface area contributed by atoms with E-state index in [9.17, 15) is 9.59 Å². The minimum Gasteiger partial charge on any atom is -0.444 e. The molecule has 0 spiro atoms. The molecule has 0 unspecified atom stereocenters. The second-order valence-corrected chi connectivity index (χ2v) is 7.26. The first-order valence-electron chi connectivity index (χ1n) is 7.86. The number of nitrogens with zero attached hydrogens (tertiary/aromatic N) is 1. The highest BCUT2D eigenvalue weighted by Gasteiger charge is 2.29. The second kappa shape index (κ2) is 7.14. The van der Waals surface area contributed by atoms with Gasteiger partial charge in [0, 0.05) is 25.0 Å². The zero-order valence-electron chi connectivity index (χ0n) is 14.2. The van der Waals surface area contributed by atoms with Gasteiger partial charge in [-0.2, -0.15) is 0 Å². The molecule has 2 amide bonds. The number of nitrogens with one attached hydrogen (secondary N) is 1. The Morgan fingerprint density at radius 2 is 1.67 bits per heavy atom. The third-order valence-corrected chi connectivity index (χ3v) is 3.80. The van der Waals surface area contributed by atoms with Crippen molar-refractivity contribution in [1.82, 2.24) is 10.2 Å². The molecule has 1 N–H and O–H groups in total. The van der Waals surface area contributed by atoms with Crippen molar-refractivity contribution in [3.8, 4) is 0 Å². The molecule has 5 heteroatoms. The van der Waals surface area contributed by atoms with E-state index in [0.717, 1.165) is 25.7 Å². The summed E-state index contributed by atoms with van der Waals surface area (Å²) in [5.74, 6) is 0.131. The Morgan fingerprint density at radius 1 is 1.14 bits per heavy atom. The van der Waals surface area contributed by atoms with E-state index in [0.29, 0.717) is 0 Å². The maximum absolute atomic E-state index is 12.0. The molecule has 1 aliphatic carbocycles. The predicted octanol–water partition coefficient (Wildman–Crippen LogP) is 2.94. The summed E-state index contributed by atoms with van der Waals surface area (Å²) in [5, 5.41) is 3.07. The van der Waals surface area contributed by atoms with Gasteiger partial charge in [0.05, 0.1) is 0 Å². The normalized spacial score (nSPS) is 22.8. The van der Waals surface area contributed by atoms with Gasteiger partial charge in [0.2, 0.25) is 5.91 Å². The fourth-order valence-electron chi connectivity index (χ4n) is 2.46. The average molecular weight is 298 g/mol. The average Bonchev–Trinajstić information content (AvgIpc) is 2.36. The maximum Gasteiger partial charge on any atom is 0.410 e. The van der Waals surface area contributed by atoms with Crippen molar-refractivity contribution in [2.45, 2.75) is 78.0 Å². The van der Waals surface area contributed by atoms with E-state index in [1.807, 2.05) is 34.6 Å². The molecular weight excluding hydrogens is 268 g/mol. The number of rotatable bonds is 3. The molecule has 1 saturated carbocycles. The number of ether oxygens (including phenoxy) is 1. The van der Waals surface area contributed by atoms with Crippen molar-refractivity contribution < 1.29 is 14.3 Å². The summed E-state index contributed by atoms with van der Waals surface area (Å²) in [6, 6.07) is 0.440. The van der Waals surface area contributed by atoms with E-state index in [1.165, 1.54) is 0 Å². The zero-order valence-corrected chi connectivity index (χ0v) is 14.2. The van der Waals surface area contributed by atoms with Crippen LogP contribution in [-0.2, 0) is 9.53 Å². The first-order chi connectivity index (χ1) is 9.60. The van der Waals surface area contributed by atoms with Gasteiger partial charge in [-0.1, -0.05) is 13.8 Å². The Morgan fingerprint density at radius 3 is 2.10 bits per heavy atom. The fourth-order valence-corrected chi connectivity index (χ4v) is 2.46. The molecule has 0 bridgehead atoms. The lowest BCUT2D eigenvalue weighted by Crippen LogP contribution is -2.46. The molecule has 0 saturated heterocycles. The van der Waals surface area contributed by atoms with Crippen LogP contribution in [0.1, 0.15) is 60.3 Å². The second-order valence-electron chi connectivity index (χ2n) is 7.26. The van der Waals surface area contributed by atoms with Crippen molar-refractivity contribution in [3.63, 3.8) is 0 Å². The first kappa shape index (κ1) is 17.8. The molecule has 0 heterocycles. The van der Waals surface area contributed by atoms with Crippen LogP contribution in [0.3, 0.4) is 0 Å². The van der Waals surface area contributed by atoms with Crippen LogP contribution in [0, 0.1) is 5.92 Å². The number of carbonyl (C=O) groups excluding carboxylic acids is 2. The third-order valence-electron chi connectivity index (χ3n) is 3.80. The van der Waals surface area contributed by atoms with Crippen molar-refractivity contribution in [1.29, 1.82) is 0 Å². The van der Waals surface area contributed by atoms with Crippen molar-refractivity contribution in [2.75, 3.05) is 7.05 Å². The molecule has 0 aromatic rings. The van der Waals surface area contributed by atoms with Gasteiger partial charge in [-0.15, -0.1) is 0 Å². The molecular formula is C16H30N2O3.